The van der Waals surface area contributed by atoms with Crippen molar-refractivity contribution in [2.24, 2.45) is 10.7 Å². The fourth-order valence-electron chi connectivity index (χ4n) is 4.03. The lowest BCUT2D eigenvalue weighted by Crippen LogP contribution is -2.33. The summed E-state index contributed by atoms with van der Waals surface area (Å²) in [6.07, 6.45) is 6.58. The number of thioether (sulfide) groups is 1. The molecule has 0 unspecified atom stereocenters. The molecule has 0 saturated carbocycles. The molecule has 1 saturated heterocycles. The number of allylic oxidation sites excluding steroid dienone is 1. The molecule has 13 nitrogen and oxygen atoms in total. The minimum Gasteiger partial charge on any atom is -0.464 e. The summed E-state index contributed by atoms with van der Waals surface area (Å²) in [5.74, 6) is 0.489. The number of hydrogen-bond donors (Lipinski definition) is 3. The largest absolute Gasteiger partial charge is 0.464 e. The second kappa shape index (κ2) is 16.7. The van der Waals surface area contributed by atoms with Gasteiger partial charge in [-0.05, 0) is 57.9 Å². The fraction of sp³-hybridized carbons (Fsp3) is 0.517. The second-order valence-corrected chi connectivity index (χ2v) is 11.8. The third-order valence-electron chi connectivity index (χ3n) is 6.10. The third kappa shape index (κ3) is 11.0. The highest BCUT2D eigenvalue weighted by molar-refractivity contribution is 7.99. The molecule has 4 N–H and O–H groups in total. The Kier molecular flexibility index (Phi) is 13.0. The van der Waals surface area contributed by atoms with E-state index in [1.807, 2.05) is 20.8 Å². The molecule has 0 aromatic carbocycles. The van der Waals surface area contributed by atoms with Crippen LogP contribution in [-0.2, 0) is 14.2 Å². The maximum atomic E-state index is 13.1. The van der Waals surface area contributed by atoms with E-state index in [0.717, 1.165) is 30.8 Å². The highest BCUT2D eigenvalue weighted by Crippen LogP contribution is 2.25. The van der Waals surface area contributed by atoms with E-state index >= 15 is 0 Å². The molecule has 14 heteroatoms. The van der Waals surface area contributed by atoms with E-state index in [1.165, 1.54) is 13.3 Å². The second-order valence-electron chi connectivity index (χ2n) is 10.6. The number of pyridine rings is 1. The first-order valence-electron chi connectivity index (χ1n) is 14.1. The van der Waals surface area contributed by atoms with Crippen LogP contribution in [0.4, 0.5) is 10.5 Å². The number of amides is 2. The van der Waals surface area contributed by atoms with Crippen molar-refractivity contribution in [1.82, 2.24) is 20.1 Å². The number of nitrogens with one attached hydrogen (secondary N) is 2. The summed E-state index contributed by atoms with van der Waals surface area (Å²) in [4.78, 5) is 46.1. The van der Waals surface area contributed by atoms with Crippen LogP contribution in [0.5, 0.6) is 0 Å². The Bertz CT molecular complexity index is 1300. The number of aromatic nitrogens is 3. The van der Waals surface area contributed by atoms with Crippen molar-refractivity contribution in [3.63, 3.8) is 0 Å². The lowest BCUT2D eigenvalue weighted by atomic mass is 10.1. The normalized spacial score (nSPS) is 14.5. The predicted molar refractivity (Wildman–Crippen MR) is 167 cm³/mol. The van der Waals surface area contributed by atoms with E-state index in [0.29, 0.717) is 37.6 Å². The van der Waals surface area contributed by atoms with Crippen LogP contribution in [0.1, 0.15) is 72.7 Å². The summed E-state index contributed by atoms with van der Waals surface area (Å²) >= 11 is 1.71. The van der Waals surface area contributed by atoms with Gasteiger partial charge in [-0.15, -0.1) is 0 Å². The number of aliphatic imine (C=N–C) groups is 1. The van der Waals surface area contributed by atoms with Crippen molar-refractivity contribution in [1.29, 1.82) is 0 Å². The standard InChI is InChI=1S/C29H41N7O6S/c1-29(2,3)42-28(39)32-12-16-43-15-6-11-31-18-20(17-30)22-7-5-8-23(33-22)26(37)34-24-19-36(21-9-13-41-14-10-21)35-25(24)27(38)40-4/h5,7-8,17-19,21H,6,9-16,30H2,1-4H3,(H,32,39)(H,34,37). The van der Waals surface area contributed by atoms with Crippen molar-refractivity contribution in [2.45, 2.75) is 51.7 Å². The van der Waals surface area contributed by atoms with Crippen molar-refractivity contribution < 1.29 is 28.6 Å². The van der Waals surface area contributed by atoms with Gasteiger partial charge >= 0.3 is 12.1 Å². The van der Waals surface area contributed by atoms with Crippen LogP contribution in [0.25, 0.3) is 5.57 Å². The number of methoxy groups -OCH3 is 1. The average Bonchev–Trinajstić information content (AvgIpc) is 3.41. The number of rotatable bonds is 13. The molecule has 0 atom stereocenters. The Balaban J connectivity index is 1.52. The highest BCUT2D eigenvalue weighted by atomic mass is 32.2. The van der Waals surface area contributed by atoms with Gasteiger partial charge in [-0.3, -0.25) is 14.5 Å². The quantitative estimate of drug-likeness (QED) is 0.171. The first-order valence-corrected chi connectivity index (χ1v) is 15.3. The zero-order valence-electron chi connectivity index (χ0n) is 25.1. The van der Waals surface area contributed by atoms with Gasteiger partial charge in [0.2, 0.25) is 0 Å². The molecule has 2 aromatic rings. The third-order valence-corrected chi connectivity index (χ3v) is 7.17. The minimum absolute atomic E-state index is 0.0191. The number of nitrogens with zero attached hydrogens (tertiary/aromatic N) is 4. The zero-order valence-corrected chi connectivity index (χ0v) is 25.9. The Morgan fingerprint density at radius 3 is 2.65 bits per heavy atom. The summed E-state index contributed by atoms with van der Waals surface area (Å²) in [6.45, 7) is 7.79. The summed E-state index contributed by atoms with van der Waals surface area (Å²) in [7, 11) is 1.26. The molecule has 2 amide bonds. The molecule has 43 heavy (non-hydrogen) atoms. The van der Waals surface area contributed by atoms with Crippen LogP contribution in [-0.4, -0.2) is 89.5 Å². The van der Waals surface area contributed by atoms with Gasteiger partial charge in [-0.1, -0.05) is 6.07 Å². The molecule has 0 bridgehead atoms. The highest BCUT2D eigenvalue weighted by Gasteiger charge is 2.24. The number of carbonyl (C=O) groups is 3. The van der Waals surface area contributed by atoms with Gasteiger partial charge in [0, 0.05) is 56.2 Å². The number of esters is 1. The molecule has 1 aliphatic rings. The van der Waals surface area contributed by atoms with Gasteiger partial charge in [0.1, 0.15) is 11.3 Å². The number of anilines is 1. The Hall–Kier alpha value is -3.91. The summed E-state index contributed by atoms with van der Waals surface area (Å²) in [5, 5.41) is 9.87. The van der Waals surface area contributed by atoms with Gasteiger partial charge in [0.15, 0.2) is 5.69 Å². The van der Waals surface area contributed by atoms with Gasteiger partial charge < -0.3 is 30.6 Å². The Morgan fingerprint density at radius 2 is 1.95 bits per heavy atom. The molecule has 0 aliphatic carbocycles. The molecular weight excluding hydrogens is 574 g/mol. The van der Waals surface area contributed by atoms with Crippen LogP contribution >= 0.6 is 11.8 Å². The number of hydrogen-bond acceptors (Lipinski definition) is 11. The number of nitrogens with two attached hydrogens (primary N) is 1. The lowest BCUT2D eigenvalue weighted by molar-refractivity contribution is 0.0529. The molecular formula is C29H41N7O6S. The van der Waals surface area contributed by atoms with Gasteiger partial charge in [-0.2, -0.15) is 16.9 Å². The van der Waals surface area contributed by atoms with E-state index in [4.69, 9.17) is 19.9 Å². The molecule has 0 spiro atoms. The van der Waals surface area contributed by atoms with E-state index in [1.54, 1.807) is 47.1 Å². The smallest absolute Gasteiger partial charge is 0.407 e. The SMILES string of the molecule is COC(=O)c1nn(C2CCOCC2)cc1NC(=O)c1cccc(C(C=NCCCSCCNC(=O)OC(C)(C)C)=CN)n1. The minimum atomic E-state index is -0.650. The van der Waals surface area contributed by atoms with Crippen LogP contribution in [0, 0.1) is 0 Å². The van der Waals surface area contributed by atoms with E-state index in [9.17, 15) is 14.4 Å². The van der Waals surface area contributed by atoms with Crippen molar-refractivity contribution in [3.05, 3.63) is 47.7 Å². The molecule has 0 radical (unpaired) electrons. The molecule has 3 rings (SSSR count). The van der Waals surface area contributed by atoms with E-state index in [-0.39, 0.29) is 23.1 Å². The topological polar surface area (TPSA) is 172 Å². The van der Waals surface area contributed by atoms with Gasteiger partial charge in [-0.25, -0.2) is 14.6 Å². The van der Waals surface area contributed by atoms with Crippen LogP contribution in [0.3, 0.4) is 0 Å². The van der Waals surface area contributed by atoms with E-state index < -0.39 is 23.6 Å². The molecule has 1 aliphatic heterocycles. The maximum Gasteiger partial charge on any atom is 0.407 e. The maximum absolute atomic E-state index is 13.1. The number of carbonyl (C=O) groups excluding carboxylic acids is 3. The summed E-state index contributed by atoms with van der Waals surface area (Å²) < 4.78 is 17.2. The molecule has 2 aromatic heterocycles. The zero-order chi connectivity index (χ0) is 31.2. The summed E-state index contributed by atoms with van der Waals surface area (Å²) in [5.41, 5.74) is 6.76. The Morgan fingerprint density at radius 1 is 1.21 bits per heavy atom. The average molecular weight is 616 g/mol. The Labute approximate surface area is 256 Å². The monoisotopic (exact) mass is 615 g/mol. The number of ether oxygens (including phenoxy) is 3. The first-order chi connectivity index (χ1) is 20.6. The van der Waals surface area contributed by atoms with Crippen molar-refractivity contribution in [2.75, 3.05) is 50.2 Å². The van der Waals surface area contributed by atoms with Crippen molar-refractivity contribution in [3.8, 4) is 0 Å². The van der Waals surface area contributed by atoms with Crippen molar-refractivity contribution >= 4 is 47.2 Å². The van der Waals surface area contributed by atoms with Crippen LogP contribution < -0.4 is 16.4 Å². The van der Waals surface area contributed by atoms with Gasteiger partial charge in [0.25, 0.3) is 5.91 Å². The molecule has 1 fully saturated rings. The number of alkyl carbamates (subject to hydrolysis) is 1. The van der Waals surface area contributed by atoms with Crippen LogP contribution in [0.15, 0.2) is 35.6 Å². The van der Waals surface area contributed by atoms with Crippen LogP contribution in [0.2, 0.25) is 0 Å². The van der Waals surface area contributed by atoms with Gasteiger partial charge in [0.05, 0.1) is 24.5 Å². The molecule has 3 heterocycles. The first kappa shape index (κ1) is 33.6. The predicted octanol–water partition coefficient (Wildman–Crippen LogP) is 3.69. The fourth-order valence-corrected chi connectivity index (χ4v) is 4.82. The molecule has 234 valence electrons. The van der Waals surface area contributed by atoms with E-state index in [2.05, 4.69) is 25.7 Å². The summed E-state index contributed by atoms with van der Waals surface area (Å²) in [6, 6.07) is 5.06. The lowest BCUT2D eigenvalue weighted by Gasteiger charge is -2.22.